The number of rotatable bonds is 1. The van der Waals surface area contributed by atoms with Crippen LogP contribution in [0.1, 0.15) is 46.5 Å². The second kappa shape index (κ2) is 5.21. The minimum absolute atomic E-state index is 0.212. The first-order valence-corrected chi connectivity index (χ1v) is 5.91. The first-order valence-electron chi connectivity index (χ1n) is 5.91. The summed E-state index contributed by atoms with van der Waals surface area (Å²) >= 11 is 0. The van der Waals surface area contributed by atoms with Gasteiger partial charge in [0.1, 0.15) is 12.4 Å². The van der Waals surface area contributed by atoms with Crippen LogP contribution in [0, 0.1) is 20.8 Å². The summed E-state index contributed by atoms with van der Waals surface area (Å²) < 4.78 is 10.4. The summed E-state index contributed by atoms with van der Waals surface area (Å²) in [6.45, 7) is 10.2. The van der Waals surface area contributed by atoms with E-state index < -0.39 is 0 Å². The van der Waals surface area contributed by atoms with Crippen LogP contribution in [0.2, 0.25) is 0 Å². The summed E-state index contributed by atoms with van der Waals surface area (Å²) in [6, 6.07) is 0. The molecule has 0 radical (unpaired) electrons. The second-order valence-electron chi connectivity index (χ2n) is 3.84. The molecular formula is C14H20O3. The number of carbonyl (C=O) groups excluding carboxylic acids is 1. The second-order valence-corrected chi connectivity index (χ2v) is 3.84. The van der Waals surface area contributed by atoms with Crippen molar-refractivity contribution in [1.29, 1.82) is 0 Å². The summed E-state index contributed by atoms with van der Waals surface area (Å²) in [4.78, 5) is 11.5. The summed E-state index contributed by atoms with van der Waals surface area (Å²) in [5.41, 5.74) is 4.70. The number of benzene rings is 1. The Hall–Kier alpha value is -1.51. The van der Waals surface area contributed by atoms with Gasteiger partial charge in [0, 0.05) is 5.56 Å². The molecule has 1 aromatic rings. The highest BCUT2D eigenvalue weighted by atomic mass is 16.5. The van der Waals surface area contributed by atoms with Crippen molar-refractivity contribution < 1.29 is 14.3 Å². The van der Waals surface area contributed by atoms with E-state index in [-0.39, 0.29) is 5.97 Å². The van der Waals surface area contributed by atoms with Crippen molar-refractivity contribution in [2.75, 3.05) is 7.11 Å². The third kappa shape index (κ3) is 2.02. The van der Waals surface area contributed by atoms with Gasteiger partial charge in [-0.15, -0.1) is 0 Å². The topological polar surface area (TPSA) is 35.5 Å². The Morgan fingerprint density at radius 1 is 1.06 bits per heavy atom. The van der Waals surface area contributed by atoms with E-state index in [2.05, 4.69) is 0 Å². The zero-order valence-electron chi connectivity index (χ0n) is 11.4. The van der Waals surface area contributed by atoms with E-state index in [9.17, 15) is 4.79 Å². The van der Waals surface area contributed by atoms with E-state index in [1.165, 1.54) is 0 Å². The molecule has 0 bridgehead atoms. The number of carbonyl (C=O) groups is 1. The van der Waals surface area contributed by atoms with Gasteiger partial charge >= 0.3 is 5.97 Å². The number of ether oxygens (including phenoxy) is 2. The van der Waals surface area contributed by atoms with Gasteiger partial charge in [0.25, 0.3) is 0 Å². The lowest BCUT2D eigenvalue weighted by Gasteiger charge is -2.14. The van der Waals surface area contributed by atoms with E-state index in [0.29, 0.717) is 6.61 Å². The molecule has 0 fully saturated rings. The minimum atomic E-state index is -0.212. The number of hydrogen-bond donors (Lipinski definition) is 0. The Morgan fingerprint density at radius 2 is 1.65 bits per heavy atom. The van der Waals surface area contributed by atoms with Crippen LogP contribution in [0.5, 0.6) is 5.75 Å². The third-order valence-electron chi connectivity index (χ3n) is 3.13. The lowest BCUT2D eigenvalue weighted by atomic mass is 9.94. The molecule has 0 atom stereocenters. The lowest BCUT2D eigenvalue weighted by molar-refractivity contribution is 0.0534. The smallest absolute Gasteiger partial charge is 0.339 e. The molecule has 0 aromatic heterocycles. The molecule has 0 N–H and O–H groups in total. The predicted molar refractivity (Wildman–Crippen MR) is 67.7 cm³/mol. The fourth-order valence-electron chi connectivity index (χ4n) is 2.16. The van der Waals surface area contributed by atoms with Gasteiger partial charge in [-0.3, -0.25) is 0 Å². The van der Waals surface area contributed by atoms with Crippen LogP contribution in [0.15, 0.2) is 0 Å². The molecule has 0 aliphatic carbocycles. The molecule has 94 valence electrons. The van der Waals surface area contributed by atoms with Crippen LogP contribution in [0.3, 0.4) is 0 Å². The quantitative estimate of drug-likeness (QED) is 0.702. The molecule has 1 aromatic carbocycles. The van der Waals surface area contributed by atoms with Gasteiger partial charge < -0.3 is 9.47 Å². The summed E-state index contributed by atoms with van der Waals surface area (Å²) in [6.07, 6.45) is 0. The fourth-order valence-corrected chi connectivity index (χ4v) is 2.16. The Balaban J connectivity index is 0.000000686. The Morgan fingerprint density at radius 3 is 2.18 bits per heavy atom. The van der Waals surface area contributed by atoms with Crippen molar-refractivity contribution in [3.05, 3.63) is 27.8 Å². The van der Waals surface area contributed by atoms with Gasteiger partial charge in [-0.05, 0) is 37.5 Å². The normalized spacial score (nSPS) is 12.5. The molecule has 0 amide bonds. The predicted octanol–water partition coefficient (Wildman–Crippen LogP) is 3.32. The molecule has 0 saturated heterocycles. The fraction of sp³-hybridized carbons (Fsp3) is 0.500. The van der Waals surface area contributed by atoms with Gasteiger partial charge in [0.2, 0.25) is 0 Å². The summed E-state index contributed by atoms with van der Waals surface area (Å²) in [5.74, 6) is 0.654. The van der Waals surface area contributed by atoms with Crippen LogP contribution in [-0.2, 0) is 11.3 Å². The zero-order valence-corrected chi connectivity index (χ0v) is 11.4. The standard InChI is InChI=1S/C12H14O3.C2H6/c1-6-7(2)11(14-4)8(3)9-5-15-12(13)10(6)9;1-2/h5H2,1-4H3;1-2H3. The monoisotopic (exact) mass is 236 g/mol. The molecule has 1 aliphatic rings. The van der Waals surface area contributed by atoms with Crippen molar-refractivity contribution in [2.45, 2.75) is 41.2 Å². The molecule has 1 aliphatic heterocycles. The molecule has 0 unspecified atom stereocenters. The maximum absolute atomic E-state index is 11.5. The van der Waals surface area contributed by atoms with Crippen molar-refractivity contribution in [3.63, 3.8) is 0 Å². The minimum Gasteiger partial charge on any atom is -0.496 e. The first-order chi connectivity index (χ1) is 8.07. The van der Waals surface area contributed by atoms with Crippen molar-refractivity contribution in [3.8, 4) is 5.75 Å². The highest BCUT2D eigenvalue weighted by Crippen LogP contribution is 2.36. The van der Waals surface area contributed by atoms with E-state index in [4.69, 9.17) is 9.47 Å². The van der Waals surface area contributed by atoms with Gasteiger partial charge in [-0.2, -0.15) is 0 Å². The Labute approximate surface area is 103 Å². The SMILES string of the molecule is CC.COc1c(C)c(C)c2c(c1C)COC2=O. The lowest BCUT2D eigenvalue weighted by Crippen LogP contribution is -2.03. The van der Waals surface area contributed by atoms with Crippen molar-refractivity contribution in [2.24, 2.45) is 0 Å². The molecular weight excluding hydrogens is 216 g/mol. The highest BCUT2D eigenvalue weighted by molar-refractivity contribution is 5.96. The number of hydrogen-bond acceptors (Lipinski definition) is 3. The van der Waals surface area contributed by atoms with E-state index in [1.54, 1.807) is 7.11 Å². The van der Waals surface area contributed by atoms with Gasteiger partial charge in [-0.25, -0.2) is 4.79 Å². The van der Waals surface area contributed by atoms with Gasteiger partial charge in [0.15, 0.2) is 0 Å². The molecule has 17 heavy (non-hydrogen) atoms. The number of methoxy groups -OCH3 is 1. The molecule has 3 nitrogen and oxygen atoms in total. The van der Waals surface area contributed by atoms with E-state index in [0.717, 1.165) is 33.6 Å². The number of fused-ring (bicyclic) bond motifs is 1. The maximum Gasteiger partial charge on any atom is 0.339 e. The van der Waals surface area contributed by atoms with Crippen LogP contribution in [-0.4, -0.2) is 13.1 Å². The molecule has 2 rings (SSSR count). The Bertz CT molecular complexity index is 448. The molecule has 3 heteroatoms. The van der Waals surface area contributed by atoms with Crippen molar-refractivity contribution >= 4 is 5.97 Å². The highest BCUT2D eigenvalue weighted by Gasteiger charge is 2.28. The van der Waals surface area contributed by atoms with Gasteiger partial charge in [-0.1, -0.05) is 13.8 Å². The van der Waals surface area contributed by atoms with Crippen LogP contribution >= 0.6 is 0 Å². The Kier molecular flexibility index (Phi) is 4.16. The maximum atomic E-state index is 11.5. The van der Waals surface area contributed by atoms with Crippen molar-refractivity contribution in [1.82, 2.24) is 0 Å². The number of esters is 1. The van der Waals surface area contributed by atoms with Gasteiger partial charge in [0.05, 0.1) is 12.7 Å². The largest absolute Gasteiger partial charge is 0.496 e. The molecule has 0 saturated carbocycles. The zero-order chi connectivity index (χ0) is 13.2. The first kappa shape index (κ1) is 13.6. The molecule has 0 spiro atoms. The summed E-state index contributed by atoms with van der Waals surface area (Å²) in [7, 11) is 1.65. The molecule has 1 heterocycles. The summed E-state index contributed by atoms with van der Waals surface area (Å²) in [5, 5.41) is 0. The average molecular weight is 236 g/mol. The van der Waals surface area contributed by atoms with Crippen LogP contribution in [0.25, 0.3) is 0 Å². The van der Waals surface area contributed by atoms with Crippen LogP contribution in [0.4, 0.5) is 0 Å². The van der Waals surface area contributed by atoms with E-state index >= 15 is 0 Å². The van der Waals surface area contributed by atoms with E-state index in [1.807, 2.05) is 34.6 Å². The number of cyclic esters (lactones) is 1. The van der Waals surface area contributed by atoms with Crippen LogP contribution < -0.4 is 4.74 Å². The third-order valence-corrected chi connectivity index (χ3v) is 3.13. The average Bonchev–Trinajstić information content (AvgIpc) is 2.72.